The average Bonchev–Trinajstić information content (AvgIpc) is 3.17. The Labute approximate surface area is 158 Å². The molecule has 2 aromatic rings. The Hall–Kier alpha value is -3.26. The molecule has 136 valence electrons. The van der Waals surface area contributed by atoms with E-state index in [0.717, 1.165) is 17.7 Å². The van der Waals surface area contributed by atoms with Gasteiger partial charge in [0.25, 0.3) is 0 Å². The molecule has 5 nitrogen and oxygen atoms in total. The van der Waals surface area contributed by atoms with E-state index >= 15 is 0 Å². The summed E-state index contributed by atoms with van der Waals surface area (Å²) in [5.74, 6) is 1.18. The maximum atomic E-state index is 11.3. The van der Waals surface area contributed by atoms with Crippen molar-refractivity contribution < 1.29 is 14.3 Å². The predicted molar refractivity (Wildman–Crippen MR) is 102 cm³/mol. The quantitative estimate of drug-likeness (QED) is 0.501. The highest BCUT2D eigenvalue weighted by atomic mass is 16.6. The second kappa shape index (κ2) is 6.81. The van der Waals surface area contributed by atoms with Crippen LogP contribution < -0.4 is 14.8 Å². The molecular weight excluding hydrogens is 340 g/mol. The number of anilines is 1. The van der Waals surface area contributed by atoms with Crippen molar-refractivity contribution in [3.8, 4) is 17.6 Å². The van der Waals surface area contributed by atoms with Crippen LogP contribution in [0, 0.1) is 17.2 Å². The molecule has 2 aromatic carbocycles. The van der Waals surface area contributed by atoms with Gasteiger partial charge in [-0.1, -0.05) is 30.4 Å². The first kappa shape index (κ1) is 17.2. The molecular formula is C22H20N2O3. The van der Waals surface area contributed by atoms with Crippen LogP contribution in [0.4, 0.5) is 5.69 Å². The predicted octanol–water partition coefficient (Wildman–Crippen LogP) is 4.32. The van der Waals surface area contributed by atoms with E-state index in [1.165, 1.54) is 12.5 Å². The lowest BCUT2D eigenvalue weighted by atomic mass is 9.76. The van der Waals surface area contributed by atoms with Gasteiger partial charge in [-0.2, -0.15) is 5.26 Å². The summed E-state index contributed by atoms with van der Waals surface area (Å²) in [5.41, 5.74) is 3.77. The molecule has 3 unspecified atom stereocenters. The highest BCUT2D eigenvalue weighted by Gasteiger charge is 2.38. The molecule has 4 rings (SSSR count). The largest absolute Gasteiger partial charge is 0.493 e. The van der Waals surface area contributed by atoms with Crippen molar-refractivity contribution in [3.63, 3.8) is 0 Å². The van der Waals surface area contributed by atoms with Gasteiger partial charge in [0, 0.05) is 12.8 Å². The molecule has 1 heterocycles. The van der Waals surface area contributed by atoms with Crippen LogP contribution in [0.2, 0.25) is 0 Å². The lowest BCUT2D eigenvalue weighted by molar-refractivity contribution is -0.132. The Bertz CT molecular complexity index is 974. The molecule has 1 N–H and O–H groups in total. The Morgan fingerprint density at radius 1 is 1.26 bits per heavy atom. The number of hydrogen-bond donors (Lipinski definition) is 1. The first-order valence-electron chi connectivity index (χ1n) is 8.95. The molecule has 0 saturated carbocycles. The Balaban J connectivity index is 1.76. The molecule has 0 bridgehead atoms. The van der Waals surface area contributed by atoms with Gasteiger partial charge in [0.1, 0.15) is 6.07 Å². The number of carbonyl (C=O) groups excluding carboxylic acids is 1. The molecule has 5 heteroatoms. The number of carbonyl (C=O) groups is 1. The fraction of sp³-hybridized carbons (Fsp3) is 0.273. The van der Waals surface area contributed by atoms with Gasteiger partial charge in [-0.25, -0.2) is 0 Å². The number of nitriles is 1. The fourth-order valence-electron chi connectivity index (χ4n) is 4.16. The summed E-state index contributed by atoms with van der Waals surface area (Å²) in [6.07, 6.45) is 5.41. The van der Waals surface area contributed by atoms with Crippen molar-refractivity contribution >= 4 is 11.7 Å². The summed E-state index contributed by atoms with van der Waals surface area (Å²) in [7, 11) is 1.56. The number of ether oxygens (including phenoxy) is 2. The van der Waals surface area contributed by atoms with Crippen LogP contribution in [0.25, 0.3) is 0 Å². The van der Waals surface area contributed by atoms with E-state index in [0.29, 0.717) is 23.0 Å². The number of methoxy groups -OCH3 is 1. The first-order chi connectivity index (χ1) is 13.1. The Morgan fingerprint density at radius 2 is 2.11 bits per heavy atom. The summed E-state index contributed by atoms with van der Waals surface area (Å²) >= 11 is 0. The topological polar surface area (TPSA) is 71.3 Å². The first-order valence-corrected chi connectivity index (χ1v) is 8.95. The summed E-state index contributed by atoms with van der Waals surface area (Å²) in [6.45, 7) is 1.37. The van der Waals surface area contributed by atoms with Gasteiger partial charge in [-0.3, -0.25) is 4.79 Å². The molecule has 0 spiro atoms. The minimum atomic E-state index is -0.385. The monoisotopic (exact) mass is 360 g/mol. The third-order valence-electron chi connectivity index (χ3n) is 5.32. The summed E-state index contributed by atoms with van der Waals surface area (Å²) in [6, 6.07) is 13.8. The van der Waals surface area contributed by atoms with E-state index in [2.05, 4.69) is 29.6 Å². The van der Waals surface area contributed by atoms with Gasteiger partial charge < -0.3 is 14.8 Å². The molecule has 27 heavy (non-hydrogen) atoms. The van der Waals surface area contributed by atoms with Gasteiger partial charge in [-0.05, 0) is 41.7 Å². The molecule has 0 fully saturated rings. The third-order valence-corrected chi connectivity index (χ3v) is 5.32. The van der Waals surface area contributed by atoms with Gasteiger partial charge >= 0.3 is 5.97 Å². The summed E-state index contributed by atoms with van der Waals surface area (Å²) < 4.78 is 10.6. The third kappa shape index (κ3) is 2.93. The maximum Gasteiger partial charge on any atom is 0.308 e. The lowest BCUT2D eigenvalue weighted by Gasteiger charge is -2.38. The number of nitrogens with one attached hydrogen (secondary N) is 1. The summed E-state index contributed by atoms with van der Waals surface area (Å²) in [4.78, 5) is 11.3. The van der Waals surface area contributed by atoms with Gasteiger partial charge in [0.05, 0.1) is 24.4 Å². The molecule has 0 saturated heterocycles. The van der Waals surface area contributed by atoms with E-state index in [1.54, 1.807) is 13.2 Å². The smallest absolute Gasteiger partial charge is 0.308 e. The van der Waals surface area contributed by atoms with E-state index in [4.69, 9.17) is 9.47 Å². The van der Waals surface area contributed by atoms with Crippen LogP contribution in [0.3, 0.4) is 0 Å². The number of benzene rings is 2. The minimum absolute atomic E-state index is 0.0345. The SMILES string of the molecule is COc1cc(C2Nc3c(C#N)cccc3C3C=CCC32)ccc1OC(C)=O. The molecule has 0 radical (unpaired) electrons. The number of rotatable bonds is 3. The van der Waals surface area contributed by atoms with Crippen molar-refractivity contribution in [2.75, 3.05) is 12.4 Å². The average molecular weight is 360 g/mol. The van der Waals surface area contributed by atoms with E-state index < -0.39 is 0 Å². The second-order valence-electron chi connectivity index (χ2n) is 6.86. The van der Waals surface area contributed by atoms with Crippen LogP contribution >= 0.6 is 0 Å². The second-order valence-corrected chi connectivity index (χ2v) is 6.86. The number of hydrogen-bond acceptors (Lipinski definition) is 5. The zero-order valence-electron chi connectivity index (χ0n) is 15.2. The Kier molecular flexibility index (Phi) is 4.33. The van der Waals surface area contributed by atoms with E-state index in [1.807, 2.05) is 24.3 Å². The van der Waals surface area contributed by atoms with Crippen molar-refractivity contribution in [1.82, 2.24) is 0 Å². The lowest BCUT2D eigenvalue weighted by Crippen LogP contribution is -2.29. The highest BCUT2D eigenvalue weighted by Crippen LogP contribution is 2.51. The Morgan fingerprint density at radius 3 is 2.85 bits per heavy atom. The van der Waals surface area contributed by atoms with Crippen LogP contribution in [0.1, 0.15) is 42.0 Å². The molecule has 1 aliphatic heterocycles. The van der Waals surface area contributed by atoms with Crippen molar-refractivity contribution in [2.24, 2.45) is 5.92 Å². The number of para-hydroxylation sites is 1. The molecule has 0 aromatic heterocycles. The van der Waals surface area contributed by atoms with Crippen molar-refractivity contribution in [2.45, 2.75) is 25.3 Å². The van der Waals surface area contributed by atoms with Crippen LogP contribution in [0.5, 0.6) is 11.5 Å². The molecule has 3 atom stereocenters. The van der Waals surface area contributed by atoms with Crippen molar-refractivity contribution in [3.05, 3.63) is 65.2 Å². The number of allylic oxidation sites excluding steroid dienone is 2. The normalized spacial score (nSPS) is 22.2. The van der Waals surface area contributed by atoms with E-state index in [-0.39, 0.29) is 17.9 Å². The van der Waals surface area contributed by atoms with Crippen LogP contribution in [0.15, 0.2) is 48.6 Å². The standard InChI is InChI=1S/C22H20N2O3/c1-13(25)27-19-10-9-14(11-20(19)26-2)21-17-8-4-6-16(17)18-7-3-5-15(12-23)22(18)24-21/h3-7,9-11,16-17,21,24H,8H2,1-2H3. The number of nitrogens with zero attached hydrogens (tertiary/aromatic N) is 1. The van der Waals surface area contributed by atoms with Crippen LogP contribution in [-0.4, -0.2) is 13.1 Å². The maximum absolute atomic E-state index is 11.3. The highest BCUT2D eigenvalue weighted by molar-refractivity contribution is 5.71. The van der Waals surface area contributed by atoms with Gasteiger partial charge in [0.2, 0.25) is 0 Å². The fourth-order valence-corrected chi connectivity index (χ4v) is 4.16. The molecule has 2 aliphatic rings. The minimum Gasteiger partial charge on any atom is -0.493 e. The van der Waals surface area contributed by atoms with Crippen LogP contribution in [-0.2, 0) is 4.79 Å². The van der Waals surface area contributed by atoms with Crippen molar-refractivity contribution in [1.29, 1.82) is 5.26 Å². The van der Waals surface area contributed by atoms with E-state index in [9.17, 15) is 10.1 Å². The number of fused-ring (bicyclic) bond motifs is 3. The molecule has 1 aliphatic carbocycles. The summed E-state index contributed by atoms with van der Waals surface area (Å²) in [5, 5.41) is 13.1. The van der Waals surface area contributed by atoms with Gasteiger partial charge in [0.15, 0.2) is 11.5 Å². The zero-order chi connectivity index (χ0) is 19.0. The van der Waals surface area contributed by atoms with Gasteiger partial charge in [-0.15, -0.1) is 0 Å². The molecule has 0 amide bonds. The number of esters is 1. The zero-order valence-corrected chi connectivity index (χ0v) is 15.2.